The normalized spacial score (nSPS) is 10.8. The molecule has 0 amide bonds. The number of benzene rings is 4. The van der Waals surface area contributed by atoms with E-state index in [-0.39, 0.29) is 5.69 Å². The van der Waals surface area contributed by atoms with Gasteiger partial charge in [0.05, 0.1) is 4.92 Å². The number of rotatable bonds is 10. The zero-order valence-electron chi connectivity index (χ0n) is 18.0. The lowest BCUT2D eigenvalue weighted by molar-refractivity contribution is -0.384. The van der Waals surface area contributed by atoms with Crippen molar-refractivity contribution in [3.05, 3.63) is 111 Å². The first kappa shape index (κ1) is 22.6. The Morgan fingerprint density at radius 2 is 1.64 bits per heavy atom. The fourth-order valence-electron chi connectivity index (χ4n) is 3.61. The second-order valence-electron chi connectivity index (χ2n) is 7.55. The summed E-state index contributed by atoms with van der Waals surface area (Å²) in [6.45, 7) is 2.43. The van der Waals surface area contributed by atoms with Gasteiger partial charge in [0.2, 0.25) is 0 Å². The Hall–Kier alpha value is -3.61. The minimum Gasteiger partial charge on any atom is -0.488 e. The van der Waals surface area contributed by atoms with E-state index in [1.54, 1.807) is 12.1 Å². The van der Waals surface area contributed by atoms with Crippen molar-refractivity contribution in [2.24, 2.45) is 0 Å². The molecule has 0 bridgehead atoms. The Labute approximate surface area is 197 Å². The SMILES string of the molecule is O=[N+]([O-])c1ccc(NCCNCc2c(OCc3ccccc3Cl)ccc3ccccc23)cc1. The molecule has 0 atom stereocenters. The van der Waals surface area contributed by atoms with Crippen molar-refractivity contribution in [1.82, 2.24) is 5.32 Å². The molecule has 4 aromatic rings. The van der Waals surface area contributed by atoms with Crippen LogP contribution >= 0.6 is 11.6 Å². The monoisotopic (exact) mass is 461 g/mol. The zero-order chi connectivity index (χ0) is 23.0. The molecule has 4 aromatic carbocycles. The number of nitrogens with one attached hydrogen (secondary N) is 2. The van der Waals surface area contributed by atoms with Crippen molar-refractivity contribution in [3.8, 4) is 5.75 Å². The van der Waals surface area contributed by atoms with Crippen molar-refractivity contribution in [1.29, 1.82) is 0 Å². The smallest absolute Gasteiger partial charge is 0.269 e. The van der Waals surface area contributed by atoms with E-state index in [1.807, 2.05) is 42.5 Å². The maximum atomic E-state index is 10.8. The summed E-state index contributed by atoms with van der Waals surface area (Å²) in [7, 11) is 0. The van der Waals surface area contributed by atoms with Gasteiger partial charge in [-0.1, -0.05) is 60.1 Å². The van der Waals surface area contributed by atoms with E-state index >= 15 is 0 Å². The van der Waals surface area contributed by atoms with E-state index < -0.39 is 4.92 Å². The van der Waals surface area contributed by atoms with Crippen molar-refractivity contribution >= 4 is 33.7 Å². The maximum absolute atomic E-state index is 10.8. The number of ether oxygens (including phenoxy) is 1. The molecule has 0 radical (unpaired) electrons. The van der Waals surface area contributed by atoms with Gasteiger partial charge in [-0.05, 0) is 35.0 Å². The molecule has 0 heterocycles. The molecule has 168 valence electrons. The number of halogens is 1. The van der Waals surface area contributed by atoms with E-state index in [9.17, 15) is 10.1 Å². The minimum atomic E-state index is -0.402. The predicted molar refractivity (Wildman–Crippen MR) is 133 cm³/mol. The summed E-state index contributed by atoms with van der Waals surface area (Å²) < 4.78 is 6.17. The number of non-ortho nitro benzene ring substituents is 1. The standard InChI is InChI=1S/C26H24ClN3O3/c27-25-8-4-2-6-20(25)18-33-26-14-9-19-5-1-3-7-23(19)24(26)17-28-15-16-29-21-10-12-22(13-11-21)30(31)32/h1-14,28-29H,15-18H2. The quantitative estimate of drug-likeness (QED) is 0.167. The van der Waals surface area contributed by atoms with Gasteiger partial charge in [0, 0.05) is 53.6 Å². The van der Waals surface area contributed by atoms with Crippen LogP contribution in [0.2, 0.25) is 5.02 Å². The molecule has 0 spiro atoms. The third kappa shape index (κ3) is 5.80. The van der Waals surface area contributed by atoms with Gasteiger partial charge in [-0.25, -0.2) is 0 Å². The molecular formula is C26H24ClN3O3. The Morgan fingerprint density at radius 1 is 0.879 bits per heavy atom. The zero-order valence-corrected chi connectivity index (χ0v) is 18.7. The number of fused-ring (bicyclic) bond motifs is 1. The van der Waals surface area contributed by atoms with Crippen LogP contribution in [-0.4, -0.2) is 18.0 Å². The molecule has 0 aromatic heterocycles. The van der Waals surface area contributed by atoms with Gasteiger partial charge >= 0.3 is 0 Å². The summed E-state index contributed by atoms with van der Waals surface area (Å²) in [6.07, 6.45) is 0. The number of anilines is 1. The van der Waals surface area contributed by atoms with Crippen LogP contribution in [0, 0.1) is 10.1 Å². The summed E-state index contributed by atoms with van der Waals surface area (Å²) in [5, 5.41) is 20.5. The number of nitrogens with zero attached hydrogens (tertiary/aromatic N) is 1. The van der Waals surface area contributed by atoms with E-state index in [2.05, 4.69) is 28.8 Å². The summed E-state index contributed by atoms with van der Waals surface area (Å²) in [5.41, 5.74) is 2.96. The van der Waals surface area contributed by atoms with Crippen LogP contribution in [0.15, 0.2) is 84.9 Å². The van der Waals surface area contributed by atoms with Gasteiger partial charge in [-0.3, -0.25) is 10.1 Å². The van der Waals surface area contributed by atoms with Crippen molar-refractivity contribution in [2.75, 3.05) is 18.4 Å². The molecule has 0 saturated carbocycles. The molecule has 0 saturated heterocycles. The lowest BCUT2D eigenvalue weighted by atomic mass is 10.0. The number of nitro groups is 1. The van der Waals surface area contributed by atoms with E-state index in [0.717, 1.165) is 33.3 Å². The Balaban J connectivity index is 1.39. The van der Waals surface area contributed by atoms with Crippen LogP contribution in [0.4, 0.5) is 11.4 Å². The average molecular weight is 462 g/mol. The van der Waals surface area contributed by atoms with Crippen molar-refractivity contribution < 1.29 is 9.66 Å². The largest absolute Gasteiger partial charge is 0.488 e. The van der Waals surface area contributed by atoms with E-state index in [4.69, 9.17) is 16.3 Å². The topological polar surface area (TPSA) is 76.4 Å². The van der Waals surface area contributed by atoms with Crippen LogP contribution in [0.5, 0.6) is 5.75 Å². The molecule has 0 aliphatic carbocycles. The molecule has 0 fully saturated rings. The van der Waals surface area contributed by atoms with Crippen LogP contribution in [0.1, 0.15) is 11.1 Å². The van der Waals surface area contributed by atoms with Crippen LogP contribution in [0.3, 0.4) is 0 Å². The molecule has 33 heavy (non-hydrogen) atoms. The molecule has 4 rings (SSSR count). The Kier molecular flexibility index (Phi) is 7.40. The van der Waals surface area contributed by atoms with Crippen LogP contribution in [-0.2, 0) is 13.2 Å². The van der Waals surface area contributed by atoms with E-state index in [0.29, 0.717) is 31.3 Å². The fraction of sp³-hybridized carbons (Fsp3) is 0.154. The van der Waals surface area contributed by atoms with Gasteiger partial charge in [-0.2, -0.15) is 0 Å². The third-order valence-electron chi connectivity index (χ3n) is 5.35. The molecule has 6 nitrogen and oxygen atoms in total. The molecule has 0 aliphatic rings. The summed E-state index contributed by atoms with van der Waals surface area (Å²) in [4.78, 5) is 10.4. The second kappa shape index (κ2) is 10.8. The van der Waals surface area contributed by atoms with Crippen LogP contribution in [0.25, 0.3) is 10.8 Å². The van der Waals surface area contributed by atoms with E-state index in [1.165, 1.54) is 12.1 Å². The second-order valence-corrected chi connectivity index (χ2v) is 7.96. The first-order valence-corrected chi connectivity index (χ1v) is 11.1. The molecule has 0 aliphatic heterocycles. The molecule has 0 unspecified atom stereocenters. The van der Waals surface area contributed by atoms with Gasteiger partial charge in [0.15, 0.2) is 0 Å². The maximum Gasteiger partial charge on any atom is 0.269 e. The average Bonchev–Trinajstić information content (AvgIpc) is 2.84. The highest BCUT2D eigenvalue weighted by Gasteiger charge is 2.10. The van der Waals surface area contributed by atoms with Crippen molar-refractivity contribution in [2.45, 2.75) is 13.2 Å². The first-order chi connectivity index (χ1) is 16.1. The molecule has 7 heteroatoms. The summed E-state index contributed by atoms with van der Waals surface area (Å²) >= 11 is 6.29. The number of hydrogen-bond donors (Lipinski definition) is 2. The predicted octanol–water partition coefficient (Wildman–Crippen LogP) is 6.18. The number of nitro benzene ring substituents is 1. The minimum absolute atomic E-state index is 0.0824. The fourth-order valence-corrected chi connectivity index (χ4v) is 3.80. The highest BCUT2D eigenvalue weighted by Crippen LogP contribution is 2.29. The first-order valence-electron chi connectivity index (χ1n) is 10.7. The third-order valence-corrected chi connectivity index (χ3v) is 5.72. The van der Waals surface area contributed by atoms with Crippen molar-refractivity contribution in [3.63, 3.8) is 0 Å². The molecular weight excluding hydrogens is 438 g/mol. The lowest BCUT2D eigenvalue weighted by Gasteiger charge is -2.16. The molecule has 2 N–H and O–H groups in total. The van der Waals surface area contributed by atoms with Gasteiger partial charge in [-0.15, -0.1) is 0 Å². The van der Waals surface area contributed by atoms with Gasteiger partial charge < -0.3 is 15.4 Å². The lowest BCUT2D eigenvalue weighted by Crippen LogP contribution is -2.22. The van der Waals surface area contributed by atoms with Gasteiger partial charge in [0.25, 0.3) is 5.69 Å². The van der Waals surface area contributed by atoms with Crippen LogP contribution < -0.4 is 15.4 Å². The van der Waals surface area contributed by atoms with Gasteiger partial charge in [0.1, 0.15) is 12.4 Å². The highest BCUT2D eigenvalue weighted by molar-refractivity contribution is 6.31. The summed E-state index contributed by atoms with van der Waals surface area (Å²) in [6, 6.07) is 26.4. The Bertz CT molecular complexity index is 1250. The highest BCUT2D eigenvalue weighted by atomic mass is 35.5. The Morgan fingerprint density at radius 3 is 2.42 bits per heavy atom. The number of hydrogen-bond acceptors (Lipinski definition) is 5. The summed E-state index contributed by atoms with van der Waals surface area (Å²) in [5.74, 6) is 0.824.